The monoisotopic (exact) mass is 372 g/mol. The van der Waals surface area contributed by atoms with E-state index in [0.29, 0.717) is 16.7 Å². The van der Waals surface area contributed by atoms with Crippen LogP contribution in [0.5, 0.6) is 5.75 Å². The molecule has 0 aliphatic carbocycles. The van der Waals surface area contributed by atoms with Crippen LogP contribution in [0.4, 0.5) is 0 Å². The SMILES string of the molecule is COc1ccc2oc(=O)c(S(=O)(=O)c3ccc(C(C)(C)C)cc3)cc2c1. The van der Waals surface area contributed by atoms with Crippen LogP contribution in [-0.2, 0) is 15.3 Å². The lowest BCUT2D eigenvalue weighted by atomic mass is 9.87. The highest BCUT2D eigenvalue weighted by Gasteiger charge is 2.24. The van der Waals surface area contributed by atoms with Crippen LogP contribution in [0.3, 0.4) is 0 Å². The highest BCUT2D eigenvalue weighted by molar-refractivity contribution is 7.91. The second kappa shape index (κ2) is 6.29. The van der Waals surface area contributed by atoms with E-state index in [4.69, 9.17) is 9.15 Å². The number of ether oxygens (including phenoxy) is 1. The van der Waals surface area contributed by atoms with E-state index in [1.807, 2.05) is 20.8 Å². The number of fused-ring (bicyclic) bond motifs is 1. The first-order chi connectivity index (χ1) is 12.1. The molecular weight excluding hydrogens is 352 g/mol. The van der Waals surface area contributed by atoms with Gasteiger partial charge in [-0.25, -0.2) is 13.2 Å². The van der Waals surface area contributed by atoms with Gasteiger partial charge in [0.1, 0.15) is 11.3 Å². The summed E-state index contributed by atoms with van der Waals surface area (Å²) in [5.41, 5.74) is 0.327. The summed E-state index contributed by atoms with van der Waals surface area (Å²) in [5.74, 6) is 0.546. The topological polar surface area (TPSA) is 73.6 Å². The lowest BCUT2D eigenvalue weighted by Gasteiger charge is -2.19. The van der Waals surface area contributed by atoms with E-state index in [-0.39, 0.29) is 15.2 Å². The van der Waals surface area contributed by atoms with Gasteiger partial charge in [0.05, 0.1) is 12.0 Å². The largest absolute Gasteiger partial charge is 0.497 e. The third kappa shape index (κ3) is 3.24. The quantitative estimate of drug-likeness (QED) is 0.651. The molecule has 0 radical (unpaired) electrons. The van der Waals surface area contributed by atoms with E-state index in [2.05, 4.69) is 0 Å². The summed E-state index contributed by atoms with van der Waals surface area (Å²) in [4.78, 5) is 11.9. The second-order valence-corrected chi connectivity index (χ2v) is 9.00. The van der Waals surface area contributed by atoms with E-state index in [1.165, 1.54) is 25.3 Å². The van der Waals surface area contributed by atoms with Gasteiger partial charge in [-0.2, -0.15) is 0 Å². The minimum atomic E-state index is -3.99. The van der Waals surface area contributed by atoms with Crippen LogP contribution in [0.15, 0.2) is 67.5 Å². The Labute approximate surface area is 152 Å². The van der Waals surface area contributed by atoms with Gasteiger partial charge in [-0.05, 0) is 47.4 Å². The molecule has 0 aliphatic heterocycles. The van der Waals surface area contributed by atoms with Crippen molar-refractivity contribution >= 4 is 20.8 Å². The zero-order valence-corrected chi connectivity index (χ0v) is 15.9. The summed E-state index contributed by atoms with van der Waals surface area (Å²) in [6.45, 7) is 6.13. The average Bonchev–Trinajstić information content (AvgIpc) is 2.60. The standard InChI is InChI=1S/C20H20O5S/c1-20(2,3)14-5-8-16(9-6-14)26(22,23)18-12-13-11-15(24-4)7-10-17(13)25-19(18)21/h5-12H,1-4H3. The molecule has 0 saturated heterocycles. The summed E-state index contributed by atoms with van der Waals surface area (Å²) < 4.78 is 36.2. The molecule has 0 atom stereocenters. The Morgan fingerprint density at radius 3 is 2.19 bits per heavy atom. The zero-order valence-electron chi connectivity index (χ0n) is 15.1. The maximum Gasteiger partial charge on any atom is 0.355 e. The number of hydrogen-bond acceptors (Lipinski definition) is 5. The molecule has 6 heteroatoms. The minimum absolute atomic E-state index is 0.0556. The van der Waals surface area contributed by atoms with Gasteiger partial charge in [-0.3, -0.25) is 0 Å². The summed E-state index contributed by atoms with van der Waals surface area (Å²) in [7, 11) is -2.48. The van der Waals surface area contributed by atoms with Crippen molar-refractivity contribution in [2.45, 2.75) is 36.0 Å². The van der Waals surface area contributed by atoms with Crippen LogP contribution >= 0.6 is 0 Å². The molecule has 0 saturated carbocycles. The maximum atomic E-state index is 12.9. The van der Waals surface area contributed by atoms with E-state index in [0.717, 1.165) is 5.56 Å². The smallest absolute Gasteiger partial charge is 0.355 e. The van der Waals surface area contributed by atoms with Crippen molar-refractivity contribution < 1.29 is 17.6 Å². The van der Waals surface area contributed by atoms with Crippen molar-refractivity contribution in [3.63, 3.8) is 0 Å². The number of sulfone groups is 1. The van der Waals surface area contributed by atoms with Gasteiger partial charge < -0.3 is 9.15 Å². The van der Waals surface area contributed by atoms with Crippen LogP contribution in [0.2, 0.25) is 0 Å². The molecular formula is C20H20O5S. The summed E-state index contributed by atoms with van der Waals surface area (Å²) in [6, 6.07) is 12.7. The molecule has 1 aromatic heterocycles. The first kappa shape index (κ1) is 18.2. The molecule has 3 aromatic rings. The molecule has 5 nitrogen and oxygen atoms in total. The normalized spacial score (nSPS) is 12.3. The van der Waals surface area contributed by atoms with Crippen molar-refractivity contribution in [3.8, 4) is 5.75 Å². The zero-order chi connectivity index (χ0) is 19.1. The predicted octanol–water partition coefficient (Wildman–Crippen LogP) is 3.93. The molecule has 3 rings (SSSR count). The van der Waals surface area contributed by atoms with Gasteiger partial charge in [0.25, 0.3) is 0 Å². The fraction of sp³-hybridized carbons (Fsp3) is 0.250. The third-order valence-electron chi connectivity index (χ3n) is 4.23. The van der Waals surface area contributed by atoms with Gasteiger partial charge >= 0.3 is 5.63 Å². The summed E-state index contributed by atoms with van der Waals surface area (Å²) in [5, 5.41) is 0.480. The Kier molecular flexibility index (Phi) is 4.40. The molecule has 0 N–H and O–H groups in total. The fourth-order valence-corrected chi connectivity index (χ4v) is 3.95. The van der Waals surface area contributed by atoms with Gasteiger partial charge in [0.15, 0.2) is 4.90 Å². The summed E-state index contributed by atoms with van der Waals surface area (Å²) >= 11 is 0. The van der Waals surface area contributed by atoms with Gasteiger partial charge in [-0.1, -0.05) is 32.9 Å². The molecule has 26 heavy (non-hydrogen) atoms. The van der Waals surface area contributed by atoms with Crippen LogP contribution in [0.25, 0.3) is 11.0 Å². The Hall–Kier alpha value is -2.60. The second-order valence-electron chi connectivity index (χ2n) is 7.08. The van der Waals surface area contributed by atoms with Gasteiger partial charge in [-0.15, -0.1) is 0 Å². The number of hydrogen-bond donors (Lipinski definition) is 0. The number of methoxy groups -OCH3 is 1. The Balaban J connectivity index is 2.14. The Morgan fingerprint density at radius 2 is 1.62 bits per heavy atom. The molecule has 1 heterocycles. The highest BCUT2D eigenvalue weighted by atomic mass is 32.2. The van der Waals surface area contributed by atoms with E-state index in [9.17, 15) is 13.2 Å². The number of benzene rings is 2. The molecule has 0 unspecified atom stereocenters. The van der Waals surface area contributed by atoms with Crippen molar-refractivity contribution in [2.24, 2.45) is 0 Å². The van der Waals surface area contributed by atoms with Crippen molar-refractivity contribution in [2.75, 3.05) is 7.11 Å². The van der Waals surface area contributed by atoms with Crippen molar-refractivity contribution in [1.82, 2.24) is 0 Å². The first-order valence-electron chi connectivity index (χ1n) is 8.10. The Morgan fingerprint density at radius 1 is 0.962 bits per heavy atom. The maximum absolute atomic E-state index is 12.9. The van der Waals surface area contributed by atoms with Crippen LogP contribution in [0.1, 0.15) is 26.3 Å². The fourth-order valence-electron chi connectivity index (χ4n) is 2.66. The lowest BCUT2D eigenvalue weighted by Crippen LogP contribution is -2.15. The van der Waals surface area contributed by atoms with Crippen molar-refractivity contribution in [3.05, 3.63) is 64.5 Å². The predicted molar refractivity (Wildman–Crippen MR) is 99.6 cm³/mol. The summed E-state index contributed by atoms with van der Waals surface area (Å²) in [6.07, 6.45) is 0. The minimum Gasteiger partial charge on any atom is -0.497 e. The van der Waals surface area contributed by atoms with E-state index >= 15 is 0 Å². The lowest BCUT2D eigenvalue weighted by molar-refractivity contribution is 0.415. The van der Waals surface area contributed by atoms with Crippen LogP contribution in [-0.4, -0.2) is 15.5 Å². The van der Waals surface area contributed by atoms with E-state index in [1.54, 1.807) is 30.3 Å². The molecule has 2 aromatic carbocycles. The Bertz CT molecular complexity index is 1120. The van der Waals surface area contributed by atoms with Gasteiger partial charge in [0, 0.05) is 5.39 Å². The molecule has 0 spiro atoms. The van der Waals surface area contributed by atoms with Gasteiger partial charge in [0.2, 0.25) is 9.84 Å². The molecule has 0 amide bonds. The molecule has 0 aliphatic rings. The van der Waals surface area contributed by atoms with E-state index < -0.39 is 15.5 Å². The first-order valence-corrected chi connectivity index (χ1v) is 9.59. The molecule has 0 fully saturated rings. The molecule has 136 valence electrons. The van der Waals surface area contributed by atoms with Crippen molar-refractivity contribution in [1.29, 1.82) is 0 Å². The van der Waals surface area contributed by atoms with Crippen LogP contribution < -0.4 is 10.4 Å². The molecule has 0 bridgehead atoms. The third-order valence-corrected chi connectivity index (χ3v) is 5.98. The van der Waals surface area contributed by atoms with Crippen LogP contribution in [0, 0.1) is 0 Å². The average molecular weight is 372 g/mol. The number of rotatable bonds is 3. The highest BCUT2D eigenvalue weighted by Crippen LogP contribution is 2.27.